The molecule has 0 unspecified atom stereocenters. The zero-order valence-corrected chi connectivity index (χ0v) is 11.9. The van der Waals surface area contributed by atoms with Crippen molar-refractivity contribution >= 4 is 33.2 Å². The summed E-state index contributed by atoms with van der Waals surface area (Å²) in [6.45, 7) is 0.879. The molecular formula is C12H16BrNO2S. The third-order valence-electron chi connectivity index (χ3n) is 3.29. The van der Waals surface area contributed by atoms with Crippen molar-refractivity contribution in [2.75, 3.05) is 0 Å². The first-order chi connectivity index (χ1) is 8.15. The van der Waals surface area contributed by atoms with E-state index in [0.29, 0.717) is 6.04 Å². The molecule has 17 heavy (non-hydrogen) atoms. The second-order valence-electron chi connectivity index (χ2n) is 4.53. The van der Waals surface area contributed by atoms with Crippen molar-refractivity contribution in [3.05, 3.63) is 20.8 Å². The average molecular weight is 318 g/mol. The lowest BCUT2D eigenvalue weighted by atomic mass is 9.86. The van der Waals surface area contributed by atoms with Gasteiger partial charge in [-0.25, -0.2) is 0 Å². The van der Waals surface area contributed by atoms with Crippen LogP contribution in [0.3, 0.4) is 0 Å². The molecule has 3 nitrogen and oxygen atoms in total. The number of carbonyl (C=O) groups is 1. The molecule has 0 aliphatic heterocycles. The van der Waals surface area contributed by atoms with Gasteiger partial charge in [-0.3, -0.25) is 4.79 Å². The van der Waals surface area contributed by atoms with Crippen LogP contribution in [0.4, 0.5) is 0 Å². The van der Waals surface area contributed by atoms with E-state index in [0.717, 1.165) is 36.0 Å². The van der Waals surface area contributed by atoms with Gasteiger partial charge in [0.1, 0.15) is 0 Å². The third kappa shape index (κ3) is 3.79. The minimum absolute atomic E-state index is 0.122. The van der Waals surface area contributed by atoms with E-state index in [1.54, 1.807) is 11.3 Å². The van der Waals surface area contributed by atoms with Crippen LogP contribution < -0.4 is 5.32 Å². The first kappa shape index (κ1) is 13.1. The maximum Gasteiger partial charge on any atom is 0.306 e. The van der Waals surface area contributed by atoms with Gasteiger partial charge in [-0.2, -0.15) is 0 Å². The topological polar surface area (TPSA) is 49.3 Å². The lowest BCUT2D eigenvalue weighted by Gasteiger charge is -2.26. The lowest BCUT2D eigenvalue weighted by Crippen LogP contribution is -2.34. The maximum atomic E-state index is 10.8. The molecule has 94 valence electrons. The quantitative estimate of drug-likeness (QED) is 0.896. The third-order valence-corrected chi connectivity index (χ3v) is 4.85. The molecule has 1 aliphatic rings. The fourth-order valence-electron chi connectivity index (χ4n) is 2.25. The smallest absolute Gasteiger partial charge is 0.306 e. The summed E-state index contributed by atoms with van der Waals surface area (Å²) >= 11 is 5.14. The Kier molecular flexibility index (Phi) is 4.59. The van der Waals surface area contributed by atoms with Crippen LogP contribution in [0.25, 0.3) is 0 Å². The molecule has 2 rings (SSSR count). The number of rotatable bonds is 4. The van der Waals surface area contributed by atoms with Crippen LogP contribution in [-0.2, 0) is 11.3 Å². The van der Waals surface area contributed by atoms with E-state index in [2.05, 4.69) is 32.7 Å². The molecule has 1 saturated carbocycles. The van der Waals surface area contributed by atoms with Crippen molar-refractivity contribution in [1.29, 1.82) is 0 Å². The van der Waals surface area contributed by atoms with E-state index >= 15 is 0 Å². The van der Waals surface area contributed by atoms with Gasteiger partial charge in [-0.05, 0) is 58.6 Å². The number of hydrogen-bond acceptors (Lipinski definition) is 3. The van der Waals surface area contributed by atoms with Crippen LogP contribution in [0.2, 0.25) is 0 Å². The zero-order chi connectivity index (χ0) is 12.3. The van der Waals surface area contributed by atoms with Crippen LogP contribution in [0.15, 0.2) is 15.2 Å². The summed E-state index contributed by atoms with van der Waals surface area (Å²) in [6, 6.07) is 2.60. The Morgan fingerprint density at radius 2 is 2.18 bits per heavy atom. The fraction of sp³-hybridized carbons (Fsp3) is 0.583. The lowest BCUT2D eigenvalue weighted by molar-refractivity contribution is -0.142. The Hall–Kier alpha value is -0.390. The van der Waals surface area contributed by atoms with Crippen LogP contribution in [0, 0.1) is 5.92 Å². The molecule has 1 aromatic rings. The molecule has 0 aromatic carbocycles. The van der Waals surface area contributed by atoms with Gasteiger partial charge in [0, 0.05) is 12.6 Å². The summed E-state index contributed by atoms with van der Waals surface area (Å²) in [5.41, 5.74) is 1.29. The number of aliphatic carboxylic acids is 1. The molecule has 5 heteroatoms. The molecule has 1 aromatic heterocycles. The van der Waals surface area contributed by atoms with Crippen molar-refractivity contribution < 1.29 is 9.90 Å². The first-order valence-corrected chi connectivity index (χ1v) is 7.51. The minimum atomic E-state index is -0.634. The van der Waals surface area contributed by atoms with Crippen LogP contribution in [0.5, 0.6) is 0 Å². The highest BCUT2D eigenvalue weighted by Gasteiger charge is 2.25. The molecule has 0 atom stereocenters. The van der Waals surface area contributed by atoms with Crippen molar-refractivity contribution in [1.82, 2.24) is 5.32 Å². The van der Waals surface area contributed by atoms with Gasteiger partial charge in [-0.15, -0.1) is 11.3 Å². The van der Waals surface area contributed by atoms with Crippen LogP contribution in [-0.4, -0.2) is 17.1 Å². The van der Waals surface area contributed by atoms with Gasteiger partial charge < -0.3 is 10.4 Å². The van der Waals surface area contributed by atoms with Crippen molar-refractivity contribution in [3.8, 4) is 0 Å². The van der Waals surface area contributed by atoms with Crippen LogP contribution >= 0.6 is 27.3 Å². The predicted octanol–water partition coefficient (Wildman–Crippen LogP) is 3.24. The fourth-order valence-corrected chi connectivity index (χ4v) is 3.45. The molecule has 1 fully saturated rings. The molecule has 1 heterocycles. The summed E-state index contributed by atoms with van der Waals surface area (Å²) in [7, 11) is 0. The van der Waals surface area contributed by atoms with Crippen molar-refractivity contribution in [2.45, 2.75) is 38.3 Å². The maximum absolute atomic E-state index is 10.8. The summed E-state index contributed by atoms with van der Waals surface area (Å²) < 4.78 is 1.16. The largest absolute Gasteiger partial charge is 0.481 e. The molecule has 0 bridgehead atoms. The van der Waals surface area contributed by atoms with E-state index < -0.39 is 5.97 Å². The zero-order valence-electron chi connectivity index (χ0n) is 9.49. The molecule has 2 N–H and O–H groups in total. The second-order valence-corrected chi connectivity index (χ2v) is 6.82. The Bertz CT molecular complexity index is 386. The van der Waals surface area contributed by atoms with E-state index in [1.807, 2.05) is 0 Å². The average Bonchev–Trinajstić information content (AvgIpc) is 2.73. The monoisotopic (exact) mass is 317 g/mol. The van der Waals surface area contributed by atoms with Crippen molar-refractivity contribution in [2.24, 2.45) is 5.92 Å². The molecule has 0 saturated heterocycles. The van der Waals surface area contributed by atoms with E-state index in [4.69, 9.17) is 5.11 Å². The molecule has 1 aliphatic carbocycles. The SMILES string of the molecule is O=C(O)C1CCC(NCc2csc(Br)c2)CC1. The Morgan fingerprint density at radius 3 is 2.71 bits per heavy atom. The molecular weight excluding hydrogens is 302 g/mol. The van der Waals surface area contributed by atoms with Gasteiger partial charge in [0.05, 0.1) is 9.70 Å². The molecule has 0 spiro atoms. The highest BCUT2D eigenvalue weighted by molar-refractivity contribution is 9.11. The standard InChI is InChI=1S/C12H16BrNO2S/c13-11-5-8(7-17-11)6-14-10-3-1-9(2-4-10)12(15)16/h5,7,9-10,14H,1-4,6H2,(H,15,16). The number of hydrogen-bond donors (Lipinski definition) is 2. The normalized spacial score (nSPS) is 24.8. The summed E-state index contributed by atoms with van der Waals surface area (Å²) in [4.78, 5) is 10.8. The molecule has 0 radical (unpaired) electrons. The number of thiophene rings is 1. The number of carboxylic acids is 1. The van der Waals surface area contributed by atoms with Gasteiger partial charge >= 0.3 is 5.97 Å². The van der Waals surface area contributed by atoms with E-state index in [-0.39, 0.29) is 5.92 Å². The summed E-state index contributed by atoms with van der Waals surface area (Å²) in [6.07, 6.45) is 3.56. The Morgan fingerprint density at radius 1 is 1.47 bits per heavy atom. The summed E-state index contributed by atoms with van der Waals surface area (Å²) in [5.74, 6) is -0.756. The Labute approximate surface area is 113 Å². The first-order valence-electron chi connectivity index (χ1n) is 5.84. The van der Waals surface area contributed by atoms with Gasteiger partial charge in [0.25, 0.3) is 0 Å². The predicted molar refractivity (Wildman–Crippen MR) is 72.2 cm³/mol. The summed E-state index contributed by atoms with van der Waals surface area (Å²) in [5, 5.41) is 14.6. The number of carboxylic acid groups (broad SMARTS) is 1. The molecule has 0 amide bonds. The van der Waals surface area contributed by atoms with Crippen molar-refractivity contribution in [3.63, 3.8) is 0 Å². The van der Waals surface area contributed by atoms with Crippen LogP contribution in [0.1, 0.15) is 31.2 Å². The highest BCUT2D eigenvalue weighted by Crippen LogP contribution is 2.25. The number of halogens is 1. The van der Waals surface area contributed by atoms with E-state index in [1.165, 1.54) is 5.56 Å². The number of nitrogens with one attached hydrogen (secondary N) is 1. The van der Waals surface area contributed by atoms with Gasteiger partial charge in [-0.1, -0.05) is 0 Å². The minimum Gasteiger partial charge on any atom is -0.481 e. The Balaban J connectivity index is 1.73. The highest BCUT2D eigenvalue weighted by atomic mass is 79.9. The van der Waals surface area contributed by atoms with Gasteiger partial charge in [0.2, 0.25) is 0 Å². The second kappa shape index (κ2) is 5.98. The van der Waals surface area contributed by atoms with Gasteiger partial charge in [0.15, 0.2) is 0 Å². The van der Waals surface area contributed by atoms with E-state index in [9.17, 15) is 4.79 Å².